The Labute approximate surface area is 174 Å². The summed E-state index contributed by atoms with van der Waals surface area (Å²) in [6.45, 7) is 1.21. The number of hydrogen-bond donors (Lipinski definition) is 2. The SMILES string of the molecule is CNS(=O)(=O)Cc1ccc(CNC(=O)N(Cc2ccco2)Cc2cccs2)cc1. The predicted molar refractivity (Wildman–Crippen MR) is 113 cm³/mol. The van der Waals surface area contributed by atoms with Crippen LogP contribution in [0.2, 0.25) is 0 Å². The van der Waals surface area contributed by atoms with E-state index in [0.29, 0.717) is 31.0 Å². The molecule has 29 heavy (non-hydrogen) atoms. The van der Waals surface area contributed by atoms with E-state index in [2.05, 4.69) is 10.0 Å². The normalized spacial score (nSPS) is 11.3. The van der Waals surface area contributed by atoms with Gasteiger partial charge >= 0.3 is 6.03 Å². The van der Waals surface area contributed by atoms with Gasteiger partial charge < -0.3 is 14.6 Å². The lowest BCUT2D eigenvalue weighted by atomic mass is 10.1. The third-order valence-corrected chi connectivity index (χ3v) is 6.47. The number of amides is 2. The molecule has 3 aromatic rings. The molecule has 2 aromatic heterocycles. The van der Waals surface area contributed by atoms with Gasteiger partial charge in [-0.25, -0.2) is 17.9 Å². The van der Waals surface area contributed by atoms with Gasteiger partial charge in [0.15, 0.2) is 0 Å². The van der Waals surface area contributed by atoms with Gasteiger partial charge in [-0.05, 0) is 41.8 Å². The highest BCUT2D eigenvalue weighted by atomic mass is 32.2. The van der Waals surface area contributed by atoms with Crippen molar-refractivity contribution in [2.75, 3.05) is 7.05 Å². The van der Waals surface area contributed by atoms with Crippen molar-refractivity contribution in [2.45, 2.75) is 25.4 Å². The van der Waals surface area contributed by atoms with Gasteiger partial charge in [0, 0.05) is 11.4 Å². The van der Waals surface area contributed by atoms with Crippen LogP contribution in [0, 0.1) is 0 Å². The molecule has 1 aromatic carbocycles. The summed E-state index contributed by atoms with van der Waals surface area (Å²) in [5, 5.41) is 4.90. The van der Waals surface area contributed by atoms with Crippen molar-refractivity contribution in [1.29, 1.82) is 0 Å². The molecule has 0 saturated heterocycles. The minimum Gasteiger partial charge on any atom is -0.467 e. The number of hydrogen-bond acceptors (Lipinski definition) is 5. The molecule has 0 aliphatic heterocycles. The van der Waals surface area contributed by atoms with E-state index in [-0.39, 0.29) is 11.8 Å². The van der Waals surface area contributed by atoms with Gasteiger partial charge in [0.25, 0.3) is 0 Å². The maximum absolute atomic E-state index is 12.8. The van der Waals surface area contributed by atoms with E-state index in [4.69, 9.17) is 4.42 Å². The molecule has 2 N–H and O–H groups in total. The van der Waals surface area contributed by atoms with Crippen LogP contribution < -0.4 is 10.0 Å². The van der Waals surface area contributed by atoms with Crippen LogP contribution in [0.3, 0.4) is 0 Å². The second-order valence-corrected chi connectivity index (χ2v) is 9.41. The Kier molecular flexibility index (Phi) is 7.08. The highest BCUT2D eigenvalue weighted by molar-refractivity contribution is 7.88. The topological polar surface area (TPSA) is 91.7 Å². The molecule has 0 bridgehead atoms. The van der Waals surface area contributed by atoms with E-state index in [0.717, 1.165) is 10.4 Å². The molecular formula is C20H23N3O4S2. The van der Waals surface area contributed by atoms with E-state index in [1.807, 2.05) is 35.7 Å². The fourth-order valence-electron chi connectivity index (χ4n) is 2.72. The van der Waals surface area contributed by atoms with Crippen molar-refractivity contribution in [2.24, 2.45) is 0 Å². The van der Waals surface area contributed by atoms with Gasteiger partial charge in [0.2, 0.25) is 10.0 Å². The lowest BCUT2D eigenvalue weighted by Gasteiger charge is -2.21. The van der Waals surface area contributed by atoms with Crippen LogP contribution in [0.1, 0.15) is 21.8 Å². The average molecular weight is 434 g/mol. The summed E-state index contributed by atoms with van der Waals surface area (Å²) in [4.78, 5) is 15.5. The first-order valence-corrected chi connectivity index (χ1v) is 11.5. The molecule has 2 amide bonds. The Morgan fingerprint density at radius 3 is 2.45 bits per heavy atom. The van der Waals surface area contributed by atoms with Crippen LogP contribution in [0.4, 0.5) is 4.79 Å². The molecule has 154 valence electrons. The molecular weight excluding hydrogens is 410 g/mol. The van der Waals surface area contributed by atoms with Gasteiger partial charge in [-0.2, -0.15) is 0 Å². The van der Waals surface area contributed by atoms with Gasteiger partial charge in [-0.15, -0.1) is 11.3 Å². The molecule has 0 radical (unpaired) electrons. The number of thiophene rings is 1. The molecule has 3 rings (SSSR count). The van der Waals surface area contributed by atoms with Crippen molar-refractivity contribution in [1.82, 2.24) is 14.9 Å². The Balaban J connectivity index is 1.60. The van der Waals surface area contributed by atoms with Gasteiger partial charge in [0.1, 0.15) is 5.76 Å². The Morgan fingerprint density at radius 1 is 1.07 bits per heavy atom. The number of nitrogens with one attached hydrogen (secondary N) is 2. The molecule has 0 atom stereocenters. The maximum Gasteiger partial charge on any atom is 0.318 e. The van der Waals surface area contributed by atoms with E-state index < -0.39 is 10.0 Å². The molecule has 0 spiro atoms. The van der Waals surface area contributed by atoms with Crippen molar-refractivity contribution in [3.8, 4) is 0 Å². The van der Waals surface area contributed by atoms with Crippen molar-refractivity contribution in [3.63, 3.8) is 0 Å². The van der Waals surface area contributed by atoms with Crippen LogP contribution >= 0.6 is 11.3 Å². The molecule has 0 saturated carbocycles. The third-order valence-electron chi connectivity index (χ3n) is 4.28. The van der Waals surface area contributed by atoms with Crippen LogP contribution in [0.15, 0.2) is 64.6 Å². The molecule has 0 aliphatic rings. The lowest BCUT2D eigenvalue weighted by molar-refractivity contribution is 0.187. The molecule has 0 aliphatic carbocycles. The number of urea groups is 1. The zero-order valence-corrected chi connectivity index (χ0v) is 17.6. The van der Waals surface area contributed by atoms with E-state index in [1.54, 1.807) is 40.7 Å². The average Bonchev–Trinajstić information content (AvgIpc) is 3.41. The minimum atomic E-state index is -3.31. The number of carbonyl (C=O) groups excluding carboxylic acids is 1. The molecule has 7 nitrogen and oxygen atoms in total. The van der Waals surface area contributed by atoms with Gasteiger partial charge in [0.05, 0.1) is 25.1 Å². The molecule has 0 unspecified atom stereocenters. The van der Waals surface area contributed by atoms with E-state index >= 15 is 0 Å². The summed E-state index contributed by atoms with van der Waals surface area (Å²) >= 11 is 1.60. The van der Waals surface area contributed by atoms with Crippen molar-refractivity contribution < 1.29 is 17.6 Å². The fourth-order valence-corrected chi connectivity index (χ4v) is 4.21. The zero-order valence-electron chi connectivity index (χ0n) is 16.0. The quantitative estimate of drug-likeness (QED) is 0.542. The second-order valence-electron chi connectivity index (χ2n) is 6.45. The molecule has 2 heterocycles. The van der Waals surface area contributed by atoms with Crippen LogP contribution in [0.25, 0.3) is 0 Å². The van der Waals surface area contributed by atoms with Crippen LogP contribution in [-0.4, -0.2) is 26.4 Å². The maximum atomic E-state index is 12.8. The van der Waals surface area contributed by atoms with Gasteiger partial charge in [-0.3, -0.25) is 0 Å². The standard InChI is InChI=1S/C20H23N3O4S2/c1-21-29(25,26)15-17-8-6-16(7-9-17)12-22-20(24)23(13-18-4-2-10-27-18)14-19-5-3-11-28-19/h2-11,21H,12-15H2,1H3,(H,22,24). The largest absolute Gasteiger partial charge is 0.467 e. The first-order valence-electron chi connectivity index (χ1n) is 9.02. The fraction of sp³-hybridized carbons (Fsp3) is 0.250. The Bertz CT molecular complexity index is 962. The summed E-state index contributed by atoms with van der Waals surface area (Å²) in [5.74, 6) is 0.639. The smallest absolute Gasteiger partial charge is 0.318 e. The van der Waals surface area contributed by atoms with Gasteiger partial charge in [-0.1, -0.05) is 30.3 Å². The number of benzene rings is 1. The summed E-state index contributed by atoms with van der Waals surface area (Å²) in [6, 6.07) is 14.5. The molecule has 0 fully saturated rings. The van der Waals surface area contributed by atoms with Crippen molar-refractivity contribution >= 4 is 27.4 Å². The summed E-state index contributed by atoms with van der Waals surface area (Å²) in [5.41, 5.74) is 1.57. The van der Waals surface area contributed by atoms with Crippen LogP contribution in [-0.2, 0) is 35.4 Å². The summed E-state index contributed by atoms with van der Waals surface area (Å²) in [6.07, 6.45) is 1.59. The van der Waals surface area contributed by atoms with Crippen molar-refractivity contribution in [3.05, 3.63) is 81.9 Å². The zero-order chi connectivity index (χ0) is 20.7. The molecule has 9 heteroatoms. The summed E-state index contributed by atoms with van der Waals surface area (Å²) < 4.78 is 30.9. The predicted octanol–water partition coefficient (Wildman–Crippen LogP) is 3.30. The number of carbonyl (C=O) groups is 1. The number of nitrogens with zero attached hydrogens (tertiary/aromatic N) is 1. The Hall–Kier alpha value is -2.62. The van der Waals surface area contributed by atoms with Crippen LogP contribution in [0.5, 0.6) is 0 Å². The highest BCUT2D eigenvalue weighted by Gasteiger charge is 2.16. The number of sulfonamides is 1. The summed E-state index contributed by atoms with van der Waals surface area (Å²) in [7, 11) is -1.91. The highest BCUT2D eigenvalue weighted by Crippen LogP contribution is 2.15. The first kappa shape index (κ1) is 21.1. The van der Waals surface area contributed by atoms with E-state index in [1.165, 1.54) is 7.05 Å². The van der Waals surface area contributed by atoms with E-state index in [9.17, 15) is 13.2 Å². The number of furan rings is 1. The monoisotopic (exact) mass is 433 g/mol. The lowest BCUT2D eigenvalue weighted by Crippen LogP contribution is -2.38. The number of rotatable bonds is 9. The minimum absolute atomic E-state index is 0.0755. The first-order chi connectivity index (χ1) is 13.9. The Morgan fingerprint density at radius 2 is 1.83 bits per heavy atom. The third kappa shape index (κ3) is 6.45. The second kappa shape index (κ2) is 9.73.